The lowest BCUT2D eigenvalue weighted by Gasteiger charge is -2.04. The van der Waals surface area contributed by atoms with Crippen molar-refractivity contribution in [1.29, 1.82) is 0 Å². The van der Waals surface area contributed by atoms with Gasteiger partial charge in [0, 0.05) is 0 Å². The van der Waals surface area contributed by atoms with Gasteiger partial charge in [-0.3, -0.25) is 0 Å². The van der Waals surface area contributed by atoms with Crippen molar-refractivity contribution in [3.05, 3.63) is 11.3 Å². The van der Waals surface area contributed by atoms with E-state index in [1.54, 1.807) is 0 Å². The van der Waals surface area contributed by atoms with Crippen LogP contribution in [-0.4, -0.2) is 9.85 Å². The fraction of sp³-hybridized carbons (Fsp3) is 0.800. The quantitative estimate of drug-likeness (QED) is 0.425. The van der Waals surface area contributed by atoms with Crippen molar-refractivity contribution >= 4 is 9.85 Å². The lowest BCUT2D eigenvalue weighted by molar-refractivity contribution is 0.713. The van der Waals surface area contributed by atoms with Gasteiger partial charge in [0.25, 0.3) is 0 Å². The summed E-state index contributed by atoms with van der Waals surface area (Å²) >= 11 is 0. The SMILES string of the molecule is CCCCC(=C[SiH2]F)CCCC. The molecule has 0 aliphatic carbocycles. The minimum Gasteiger partial charge on any atom is -0.317 e. The Morgan fingerprint density at radius 1 is 1.17 bits per heavy atom. The van der Waals surface area contributed by atoms with E-state index < -0.39 is 9.85 Å². The first kappa shape index (κ1) is 11.9. The van der Waals surface area contributed by atoms with E-state index in [0.29, 0.717) is 0 Å². The minimum absolute atomic E-state index is 1.13. The van der Waals surface area contributed by atoms with E-state index in [1.807, 2.05) is 5.70 Å². The Balaban J connectivity index is 3.62. The number of unbranched alkanes of at least 4 members (excludes halogenated alkanes) is 2. The van der Waals surface area contributed by atoms with E-state index >= 15 is 0 Å². The zero-order valence-electron chi connectivity index (χ0n) is 8.41. The molecule has 0 aliphatic heterocycles. The molecule has 0 N–H and O–H groups in total. The molecule has 12 heavy (non-hydrogen) atoms. The van der Waals surface area contributed by atoms with E-state index in [-0.39, 0.29) is 0 Å². The van der Waals surface area contributed by atoms with Crippen LogP contribution >= 0.6 is 0 Å². The molecule has 2 heteroatoms. The van der Waals surface area contributed by atoms with Gasteiger partial charge in [-0.2, -0.15) is 0 Å². The Labute approximate surface area is 78.2 Å². The molecule has 0 aromatic rings. The zero-order chi connectivity index (χ0) is 9.23. The highest BCUT2D eigenvalue weighted by molar-refractivity contribution is 6.33. The Hall–Kier alpha value is -0.113. The molecule has 0 radical (unpaired) electrons. The molecule has 0 unspecified atom stereocenters. The minimum atomic E-state index is -1.35. The molecular formula is C10H21FSi. The van der Waals surface area contributed by atoms with Crippen LogP contribution < -0.4 is 0 Å². The highest BCUT2D eigenvalue weighted by Crippen LogP contribution is 2.14. The molecule has 0 aliphatic rings. The van der Waals surface area contributed by atoms with Gasteiger partial charge < -0.3 is 4.11 Å². The maximum Gasteiger partial charge on any atom is 0.240 e. The summed E-state index contributed by atoms with van der Waals surface area (Å²) in [6.07, 6.45) is 7.16. The third kappa shape index (κ3) is 6.59. The second-order valence-corrected chi connectivity index (χ2v) is 3.94. The van der Waals surface area contributed by atoms with Crippen LogP contribution in [0.25, 0.3) is 0 Å². The van der Waals surface area contributed by atoms with Crippen molar-refractivity contribution in [2.24, 2.45) is 0 Å². The van der Waals surface area contributed by atoms with Crippen LogP contribution in [0.4, 0.5) is 4.11 Å². The van der Waals surface area contributed by atoms with Gasteiger partial charge >= 0.3 is 0 Å². The van der Waals surface area contributed by atoms with Crippen molar-refractivity contribution in [3.8, 4) is 0 Å². The Bertz CT molecular complexity index is 111. The molecule has 0 aromatic carbocycles. The van der Waals surface area contributed by atoms with Gasteiger partial charge in [-0.05, 0) is 25.7 Å². The van der Waals surface area contributed by atoms with Crippen molar-refractivity contribution in [2.75, 3.05) is 0 Å². The predicted octanol–water partition coefficient (Wildman–Crippen LogP) is 3.30. The second-order valence-electron chi connectivity index (χ2n) is 3.22. The lowest BCUT2D eigenvalue weighted by atomic mass is 10.1. The number of halogens is 1. The molecule has 0 aromatic heterocycles. The summed E-state index contributed by atoms with van der Waals surface area (Å²) in [5.41, 5.74) is 3.28. The third-order valence-corrected chi connectivity index (χ3v) is 2.80. The fourth-order valence-electron chi connectivity index (χ4n) is 1.25. The molecule has 0 heterocycles. The van der Waals surface area contributed by atoms with Crippen LogP contribution in [0.3, 0.4) is 0 Å². The van der Waals surface area contributed by atoms with Gasteiger partial charge in [0.2, 0.25) is 9.85 Å². The molecule has 0 nitrogen and oxygen atoms in total. The molecule has 0 atom stereocenters. The monoisotopic (exact) mass is 188 g/mol. The molecule has 72 valence electrons. The maximum absolute atomic E-state index is 12.2. The van der Waals surface area contributed by atoms with E-state index in [1.165, 1.54) is 31.3 Å². The fourth-order valence-corrected chi connectivity index (χ4v) is 1.87. The van der Waals surface area contributed by atoms with Crippen LogP contribution in [0.1, 0.15) is 52.4 Å². The Kier molecular flexibility index (Phi) is 8.89. The van der Waals surface area contributed by atoms with Crippen LogP contribution in [0.15, 0.2) is 11.3 Å². The maximum atomic E-state index is 12.2. The first-order chi connectivity index (χ1) is 5.85. The second kappa shape index (κ2) is 8.98. The molecule has 0 saturated carbocycles. The largest absolute Gasteiger partial charge is 0.317 e. The number of allylic oxidation sites excluding steroid dienone is 1. The number of rotatable bonds is 7. The Morgan fingerprint density at radius 2 is 1.67 bits per heavy atom. The average Bonchev–Trinajstić information content (AvgIpc) is 2.10. The van der Waals surface area contributed by atoms with Gasteiger partial charge in [-0.15, -0.1) is 0 Å². The van der Waals surface area contributed by atoms with Gasteiger partial charge in [0.05, 0.1) is 0 Å². The van der Waals surface area contributed by atoms with Gasteiger partial charge in [0.1, 0.15) is 0 Å². The molecular weight excluding hydrogens is 167 g/mol. The predicted molar refractivity (Wildman–Crippen MR) is 56.8 cm³/mol. The summed E-state index contributed by atoms with van der Waals surface area (Å²) in [7, 11) is -1.35. The normalized spacial score (nSPS) is 10.9. The zero-order valence-corrected chi connectivity index (χ0v) is 9.82. The summed E-state index contributed by atoms with van der Waals surface area (Å²) in [5.74, 6) is 0. The van der Waals surface area contributed by atoms with Gasteiger partial charge in [-0.25, -0.2) is 0 Å². The molecule has 0 spiro atoms. The highest BCUT2D eigenvalue weighted by atomic mass is 28.3. The summed E-state index contributed by atoms with van der Waals surface area (Å²) in [6, 6.07) is 0. The average molecular weight is 188 g/mol. The van der Waals surface area contributed by atoms with Crippen molar-refractivity contribution < 1.29 is 4.11 Å². The van der Waals surface area contributed by atoms with Crippen molar-refractivity contribution in [3.63, 3.8) is 0 Å². The number of hydrogen-bond acceptors (Lipinski definition) is 0. The van der Waals surface area contributed by atoms with Crippen molar-refractivity contribution in [2.45, 2.75) is 52.4 Å². The van der Waals surface area contributed by atoms with Gasteiger partial charge in [0.15, 0.2) is 0 Å². The van der Waals surface area contributed by atoms with Crippen LogP contribution in [0.2, 0.25) is 0 Å². The van der Waals surface area contributed by atoms with Crippen LogP contribution in [0, 0.1) is 0 Å². The molecule has 0 rings (SSSR count). The summed E-state index contributed by atoms with van der Waals surface area (Å²) in [4.78, 5) is 0. The first-order valence-corrected chi connectivity index (χ1v) is 6.44. The summed E-state index contributed by atoms with van der Waals surface area (Å²) in [6.45, 7) is 4.37. The summed E-state index contributed by atoms with van der Waals surface area (Å²) < 4.78 is 12.2. The molecule has 0 amide bonds. The molecule has 0 fully saturated rings. The van der Waals surface area contributed by atoms with E-state index in [0.717, 1.165) is 12.8 Å². The lowest BCUT2D eigenvalue weighted by Crippen LogP contribution is -1.87. The van der Waals surface area contributed by atoms with Crippen LogP contribution in [-0.2, 0) is 0 Å². The van der Waals surface area contributed by atoms with E-state index in [4.69, 9.17) is 0 Å². The van der Waals surface area contributed by atoms with E-state index in [9.17, 15) is 4.11 Å². The Morgan fingerprint density at radius 3 is 2.00 bits per heavy atom. The molecule has 0 bridgehead atoms. The van der Waals surface area contributed by atoms with Crippen molar-refractivity contribution in [1.82, 2.24) is 0 Å². The standard InChI is InChI=1S/C10H21FSi/c1-3-5-7-10(9-12-11)8-6-4-2/h9H,3-8,12H2,1-2H3. The third-order valence-electron chi connectivity index (χ3n) is 2.07. The van der Waals surface area contributed by atoms with Gasteiger partial charge in [-0.1, -0.05) is 38.0 Å². The van der Waals surface area contributed by atoms with Crippen LogP contribution in [0.5, 0.6) is 0 Å². The topological polar surface area (TPSA) is 0 Å². The molecule has 0 saturated heterocycles. The smallest absolute Gasteiger partial charge is 0.240 e. The number of hydrogen-bond donors (Lipinski definition) is 0. The summed E-state index contributed by atoms with van der Waals surface area (Å²) in [5, 5.41) is 0. The van der Waals surface area contributed by atoms with E-state index in [2.05, 4.69) is 13.8 Å². The first-order valence-electron chi connectivity index (χ1n) is 5.09. The highest BCUT2D eigenvalue weighted by Gasteiger charge is 1.96.